The van der Waals surface area contributed by atoms with E-state index in [9.17, 15) is 14.7 Å². The molecular formula is C17H25N4O5+. The first kappa shape index (κ1) is 20.8. The third-order valence-corrected chi connectivity index (χ3v) is 3.23. The van der Waals surface area contributed by atoms with E-state index in [0.717, 1.165) is 5.56 Å². The van der Waals surface area contributed by atoms with Crippen molar-refractivity contribution < 1.29 is 29.2 Å². The molecule has 0 heterocycles. The van der Waals surface area contributed by atoms with Gasteiger partial charge in [-0.05, 0) is 17.7 Å². The molecular weight excluding hydrogens is 340 g/mol. The van der Waals surface area contributed by atoms with Crippen molar-refractivity contribution in [2.45, 2.75) is 12.5 Å². The molecule has 6 N–H and O–H groups in total. The number of ether oxygens (including phenoxy) is 2. The minimum Gasteiger partial charge on any atom is -0.508 e. The number of benzene rings is 1. The molecule has 1 aromatic carbocycles. The molecule has 0 aromatic heterocycles. The molecule has 1 aromatic rings. The maximum atomic E-state index is 11.9. The van der Waals surface area contributed by atoms with Gasteiger partial charge in [-0.2, -0.15) is 0 Å². The van der Waals surface area contributed by atoms with Crippen molar-refractivity contribution in [2.75, 3.05) is 26.8 Å². The van der Waals surface area contributed by atoms with Gasteiger partial charge in [0, 0.05) is 6.42 Å². The predicted octanol–water partition coefficient (Wildman–Crippen LogP) is -1.63. The average molecular weight is 365 g/mol. The Morgan fingerprint density at radius 1 is 1.38 bits per heavy atom. The number of aromatic hydroxyl groups is 1. The number of phenolic OH excluding ortho intramolecular Hbond substituents is 1. The molecule has 0 aliphatic rings. The zero-order chi connectivity index (χ0) is 19.4. The first-order valence-electron chi connectivity index (χ1n) is 7.96. The lowest BCUT2D eigenvalue weighted by Crippen LogP contribution is -2.81. The van der Waals surface area contributed by atoms with Gasteiger partial charge in [-0.15, -0.1) is 0 Å². The highest BCUT2D eigenvalue weighted by atomic mass is 16.5. The van der Waals surface area contributed by atoms with Crippen molar-refractivity contribution in [3.05, 3.63) is 42.5 Å². The van der Waals surface area contributed by atoms with Crippen LogP contribution in [0.15, 0.2) is 36.9 Å². The summed E-state index contributed by atoms with van der Waals surface area (Å²) in [6.07, 6.45) is 1.23. The Morgan fingerprint density at radius 3 is 2.69 bits per heavy atom. The summed E-state index contributed by atoms with van der Waals surface area (Å²) in [6.45, 7) is 4.18. The number of hydrogen-bond acceptors (Lipinski definition) is 5. The van der Waals surface area contributed by atoms with Gasteiger partial charge < -0.3 is 19.9 Å². The number of carbonyl (C=O) groups is 2. The van der Waals surface area contributed by atoms with E-state index < -0.39 is 18.1 Å². The van der Waals surface area contributed by atoms with Crippen LogP contribution in [0.4, 0.5) is 4.79 Å². The van der Waals surface area contributed by atoms with Crippen LogP contribution in [0.3, 0.4) is 0 Å². The first-order chi connectivity index (χ1) is 12.5. The number of rotatable bonds is 9. The predicted molar refractivity (Wildman–Crippen MR) is 95.3 cm³/mol. The van der Waals surface area contributed by atoms with Gasteiger partial charge in [-0.25, -0.2) is 9.59 Å². The fraction of sp³-hybridized carbons (Fsp3) is 0.353. The smallest absolute Gasteiger partial charge is 0.407 e. The molecule has 0 bridgehead atoms. The molecule has 0 aliphatic heterocycles. The number of alkyl carbamates (subject to hydrolysis) is 1. The number of carbonyl (C=O) groups excluding carboxylic acids is 2. The third-order valence-electron chi connectivity index (χ3n) is 3.23. The van der Waals surface area contributed by atoms with Crippen molar-refractivity contribution >= 4 is 18.0 Å². The maximum Gasteiger partial charge on any atom is 0.407 e. The molecule has 142 valence electrons. The maximum absolute atomic E-state index is 11.9. The van der Waals surface area contributed by atoms with Crippen molar-refractivity contribution in [3.8, 4) is 5.75 Å². The lowest BCUT2D eigenvalue weighted by Gasteiger charge is -2.13. The van der Waals surface area contributed by atoms with Crippen molar-refractivity contribution in [2.24, 2.45) is 5.73 Å². The van der Waals surface area contributed by atoms with Crippen molar-refractivity contribution in [1.82, 2.24) is 10.6 Å². The topological polar surface area (TPSA) is 137 Å². The lowest BCUT2D eigenvalue weighted by molar-refractivity contribution is -0.458. The van der Waals surface area contributed by atoms with Crippen molar-refractivity contribution in [1.29, 1.82) is 0 Å². The van der Waals surface area contributed by atoms with Crippen LogP contribution in [-0.2, 0) is 20.7 Å². The molecule has 1 atom stereocenters. The van der Waals surface area contributed by atoms with Gasteiger partial charge in [0.05, 0.1) is 20.2 Å². The number of amides is 1. The second-order valence-corrected chi connectivity index (χ2v) is 5.25. The number of methoxy groups -OCH3 is 1. The fourth-order valence-corrected chi connectivity index (χ4v) is 1.99. The van der Waals surface area contributed by atoms with E-state index in [0.29, 0.717) is 13.0 Å². The Kier molecular flexibility index (Phi) is 9.08. The lowest BCUT2D eigenvalue weighted by atomic mass is 10.1. The molecule has 0 aliphatic carbocycles. The summed E-state index contributed by atoms with van der Waals surface area (Å²) in [6, 6.07) is 5.77. The Labute approximate surface area is 151 Å². The highest BCUT2D eigenvalue weighted by Gasteiger charge is 2.24. The number of hydrogen-bond donors (Lipinski definition) is 5. The van der Waals surface area contributed by atoms with Crippen LogP contribution in [-0.4, -0.2) is 56.0 Å². The normalized spacial score (nSPS) is 12.0. The molecule has 9 nitrogen and oxygen atoms in total. The van der Waals surface area contributed by atoms with E-state index in [1.165, 1.54) is 25.3 Å². The van der Waals surface area contributed by atoms with E-state index in [1.54, 1.807) is 12.1 Å². The summed E-state index contributed by atoms with van der Waals surface area (Å²) in [4.78, 5) is 26.0. The molecule has 0 saturated heterocycles. The number of nitrogens with one attached hydrogen (secondary N) is 3. The second-order valence-electron chi connectivity index (χ2n) is 5.25. The van der Waals surface area contributed by atoms with Gasteiger partial charge in [-0.1, -0.05) is 24.8 Å². The highest BCUT2D eigenvalue weighted by molar-refractivity contribution is 5.83. The monoisotopic (exact) mass is 365 g/mol. The van der Waals surface area contributed by atoms with Crippen LogP contribution >= 0.6 is 0 Å². The number of guanidine groups is 1. The SMILES string of the molecule is C=CCOC(=O)NCC[NH+]=C(N)N[C@@H](Cc1ccc(O)cc1)C(=O)OC. The molecule has 0 fully saturated rings. The highest BCUT2D eigenvalue weighted by Crippen LogP contribution is 2.11. The Morgan fingerprint density at radius 2 is 2.08 bits per heavy atom. The molecule has 1 amide bonds. The molecule has 1 rings (SSSR count). The molecule has 0 radical (unpaired) electrons. The van der Waals surface area contributed by atoms with Gasteiger partial charge in [-0.3, -0.25) is 16.0 Å². The minimum absolute atomic E-state index is 0.132. The number of nitrogens with two attached hydrogens (primary N) is 1. The largest absolute Gasteiger partial charge is 0.508 e. The summed E-state index contributed by atoms with van der Waals surface area (Å²) in [5.74, 6) is -0.169. The standard InChI is InChI=1S/C17H24N4O5/c1-3-10-26-17(24)20-9-8-19-16(18)21-14(15(23)25-2)11-12-4-6-13(22)7-5-12/h3-7,14,22H,1,8-11H2,2H3,(H,20,24)(H3,18,19,21)/p+1/t14-/m0/s1. The summed E-state index contributed by atoms with van der Waals surface area (Å²) < 4.78 is 9.53. The van der Waals surface area contributed by atoms with Gasteiger partial charge in [0.2, 0.25) is 0 Å². The summed E-state index contributed by atoms with van der Waals surface area (Å²) in [7, 11) is 1.29. The van der Waals surface area contributed by atoms with Crippen molar-refractivity contribution in [3.63, 3.8) is 0 Å². The van der Waals surface area contributed by atoms with E-state index in [1.807, 2.05) is 0 Å². The molecule has 26 heavy (non-hydrogen) atoms. The average Bonchev–Trinajstić information content (AvgIpc) is 2.64. The third kappa shape index (κ3) is 8.04. The molecule has 0 spiro atoms. The first-order valence-corrected chi connectivity index (χ1v) is 7.96. The Balaban J connectivity index is 2.52. The van der Waals surface area contributed by atoms with E-state index in [-0.39, 0.29) is 24.9 Å². The van der Waals surface area contributed by atoms with Gasteiger partial charge in [0.15, 0.2) is 6.04 Å². The van der Waals surface area contributed by atoms with E-state index in [2.05, 4.69) is 22.2 Å². The molecule has 9 heteroatoms. The Bertz CT molecular complexity index is 631. The fourth-order valence-electron chi connectivity index (χ4n) is 1.99. The summed E-state index contributed by atoms with van der Waals surface area (Å²) in [5.41, 5.74) is 6.66. The van der Waals surface area contributed by atoms with Crippen LogP contribution in [0.2, 0.25) is 0 Å². The van der Waals surface area contributed by atoms with Gasteiger partial charge in [0.1, 0.15) is 12.4 Å². The zero-order valence-electron chi connectivity index (χ0n) is 14.7. The zero-order valence-corrected chi connectivity index (χ0v) is 14.7. The Hall–Kier alpha value is -3.23. The molecule has 0 saturated carbocycles. The van der Waals surface area contributed by atoms with E-state index in [4.69, 9.17) is 15.2 Å². The van der Waals surface area contributed by atoms with Crippen LogP contribution in [0.5, 0.6) is 5.75 Å². The minimum atomic E-state index is -0.706. The van der Waals surface area contributed by atoms with E-state index >= 15 is 0 Å². The summed E-state index contributed by atoms with van der Waals surface area (Å²) >= 11 is 0. The van der Waals surface area contributed by atoms with Crippen LogP contribution < -0.4 is 21.4 Å². The number of phenols is 1. The summed E-state index contributed by atoms with van der Waals surface area (Å²) in [5, 5.41) is 14.7. The van der Waals surface area contributed by atoms with Crippen LogP contribution in [0.25, 0.3) is 0 Å². The van der Waals surface area contributed by atoms with Gasteiger partial charge >= 0.3 is 18.0 Å². The van der Waals surface area contributed by atoms with Crippen LogP contribution in [0.1, 0.15) is 5.56 Å². The van der Waals surface area contributed by atoms with Gasteiger partial charge in [0.25, 0.3) is 0 Å². The molecule has 0 unspecified atom stereocenters. The quantitative estimate of drug-likeness (QED) is 0.117. The number of esters is 1. The van der Waals surface area contributed by atoms with Crippen LogP contribution in [0, 0.1) is 0 Å². The second kappa shape index (κ2) is 11.3.